The molecule has 0 atom stereocenters. The van der Waals surface area contributed by atoms with E-state index in [0.717, 1.165) is 17.7 Å². The molecular weight excluding hydrogens is 280 g/mol. The van der Waals surface area contributed by atoms with E-state index in [1.165, 1.54) is 11.3 Å². The Morgan fingerprint density at radius 2 is 2.11 bits per heavy atom. The van der Waals surface area contributed by atoms with Gasteiger partial charge in [0.2, 0.25) is 0 Å². The molecule has 6 heteroatoms. The average Bonchev–Trinajstić information content (AvgIpc) is 3.05. The number of hydrogen-bond acceptors (Lipinski definition) is 4. The van der Waals surface area contributed by atoms with E-state index < -0.39 is 10.0 Å². The molecule has 0 saturated heterocycles. The Labute approximate surface area is 119 Å². The number of hydrogen-bond donors (Lipinski definition) is 1. The Bertz CT molecular complexity index is 519. The second-order valence-corrected chi connectivity index (χ2v) is 8.74. The highest BCUT2D eigenvalue weighted by atomic mass is 32.2. The van der Waals surface area contributed by atoms with Crippen molar-refractivity contribution in [3.63, 3.8) is 0 Å². The van der Waals surface area contributed by atoms with Crippen LogP contribution in [0.25, 0.3) is 0 Å². The van der Waals surface area contributed by atoms with Gasteiger partial charge in [-0.2, -0.15) is 4.31 Å². The maximum atomic E-state index is 12.7. The van der Waals surface area contributed by atoms with Crippen LogP contribution in [0, 0.1) is 5.92 Å². The highest BCUT2D eigenvalue weighted by Gasteiger charge is 2.38. The van der Waals surface area contributed by atoms with E-state index in [9.17, 15) is 8.42 Å². The molecule has 4 nitrogen and oxygen atoms in total. The molecule has 1 N–H and O–H groups in total. The van der Waals surface area contributed by atoms with Gasteiger partial charge in [-0.1, -0.05) is 13.8 Å². The lowest BCUT2D eigenvalue weighted by Gasteiger charge is -2.22. The van der Waals surface area contributed by atoms with Crippen LogP contribution in [0.15, 0.2) is 16.3 Å². The second-order valence-electron chi connectivity index (χ2n) is 5.45. The first-order valence-corrected chi connectivity index (χ1v) is 8.96. The minimum absolute atomic E-state index is 0.224. The third-order valence-electron chi connectivity index (χ3n) is 3.05. The summed E-state index contributed by atoms with van der Waals surface area (Å²) in [6.07, 6.45) is 2.00. The molecule has 1 aliphatic rings. The minimum atomic E-state index is -3.31. The SMILES string of the molecule is CNCc1ccc(S(=O)(=O)N(CC(C)C)C2CC2)s1. The summed E-state index contributed by atoms with van der Waals surface area (Å²) < 4.78 is 27.5. The van der Waals surface area contributed by atoms with Crippen molar-refractivity contribution in [2.24, 2.45) is 5.92 Å². The first-order valence-electron chi connectivity index (χ1n) is 6.70. The standard InChI is InChI=1S/C13H22N2O2S2/c1-10(2)9-15(11-4-5-11)19(16,17)13-7-6-12(18-13)8-14-3/h6-7,10-11,14H,4-5,8-9H2,1-3H3. The molecule has 0 aliphatic heterocycles. The summed E-state index contributed by atoms with van der Waals surface area (Å²) >= 11 is 1.37. The summed E-state index contributed by atoms with van der Waals surface area (Å²) in [4.78, 5) is 1.06. The number of nitrogens with zero attached hydrogens (tertiary/aromatic N) is 1. The van der Waals surface area contributed by atoms with Crippen LogP contribution in [0.4, 0.5) is 0 Å². The average molecular weight is 302 g/mol. The largest absolute Gasteiger partial charge is 0.315 e. The van der Waals surface area contributed by atoms with Crippen molar-refractivity contribution < 1.29 is 8.42 Å². The van der Waals surface area contributed by atoms with Gasteiger partial charge in [-0.05, 0) is 37.9 Å². The van der Waals surface area contributed by atoms with E-state index in [1.54, 1.807) is 10.4 Å². The zero-order chi connectivity index (χ0) is 14.0. The van der Waals surface area contributed by atoms with Gasteiger partial charge in [0.15, 0.2) is 0 Å². The Morgan fingerprint density at radius 3 is 2.63 bits per heavy atom. The Balaban J connectivity index is 2.22. The number of sulfonamides is 1. The molecule has 1 saturated carbocycles. The maximum Gasteiger partial charge on any atom is 0.252 e. The molecule has 1 aromatic heterocycles. The Hall–Kier alpha value is -0.430. The molecule has 108 valence electrons. The molecule has 19 heavy (non-hydrogen) atoms. The third-order valence-corrected chi connectivity index (χ3v) is 6.52. The fraction of sp³-hybridized carbons (Fsp3) is 0.692. The highest BCUT2D eigenvalue weighted by molar-refractivity contribution is 7.91. The van der Waals surface area contributed by atoms with Crippen LogP contribution in [-0.4, -0.2) is 32.4 Å². The zero-order valence-corrected chi connectivity index (χ0v) is 13.4. The molecule has 1 aromatic rings. The van der Waals surface area contributed by atoms with Gasteiger partial charge in [0.05, 0.1) is 0 Å². The van der Waals surface area contributed by atoms with E-state index in [-0.39, 0.29) is 6.04 Å². The van der Waals surface area contributed by atoms with Crippen molar-refractivity contribution in [2.45, 2.75) is 43.5 Å². The molecule has 1 heterocycles. The van der Waals surface area contributed by atoms with Crippen molar-refractivity contribution in [1.82, 2.24) is 9.62 Å². The molecule has 0 spiro atoms. The molecule has 0 aromatic carbocycles. The molecular formula is C13H22N2O2S2. The predicted octanol–water partition coefficient (Wildman–Crippen LogP) is 2.28. The lowest BCUT2D eigenvalue weighted by Crippen LogP contribution is -2.35. The highest BCUT2D eigenvalue weighted by Crippen LogP contribution is 2.34. The number of rotatable bonds is 7. The van der Waals surface area contributed by atoms with Gasteiger partial charge >= 0.3 is 0 Å². The van der Waals surface area contributed by atoms with Gasteiger partial charge in [-0.15, -0.1) is 11.3 Å². The summed E-state index contributed by atoms with van der Waals surface area (Å²) in [6, 6.07) is 3.86. The molecule has 0 unspecified atom stereocenters. The van der Waals surface area contributed by atoms with E-state index >= 15 is 0 Å². The first kappa shape index (κ1) is 15.0. The van der Waals surface area contributed by atoms with Gasteiger partial charge in [0.25, 0.3) is 10.0 Å². The van der Waals surface area contributed by atoms with Crippen LogP contribution in [0.5, 0.6) is 0 Å². The van der Waals surface area contributed by atoms with Crippen molar-refractivity contribution in [1.29, 1.82) is 0 Å². The van der Waals surface area contributed by atoms with Crippen molar-refractivity contribution in [3.8, 4) is 0 Å². The quantitative estimate of drug-likeness (QED) is 0.840. The van der Waals surface area contributed by atoms with Gasteiger partial charge in [0.1, 0.15) is 4.21 Å². The molecule has 1 fully saturated rings. The van der Waals surface area contributed by atoms with Gasteiger partial charge in [0, 0.05) is 24.0 Å². The normalized spacial score (nSPS) is 16.5. The fourth-order valence-corrected chi connectivity index (χ4v) is 5.39. The van der Waals surface area contributed by atoms with E-state index in [0.29, 0.717) is 23.2 Å². The van der Waals surface area contributed by atoms with Crippen LogP contribution in [0.1, 0.15) is 31.6 Å². The topological polar surface area (TPSA) is 49.4 Å². The van der Waals surface area contributed by atoms with Crippen molar-refractivity contribution in [2.75, 3.05) is 13.6 Å². The predicted molar refractivity (Wildman–Crippen MR) is 78.8 cm³/mol. The van der Waals surface area contributed by atoms with Gasteiger partial charge in [-0.3, -0.25) is 0 Å². The smallest absolute Gasteiger partial charge is 0.252 e. The van der Waals surface area contributed by atoms with Crippen LogP contribution in [-0.2, 0) is 16.6 Å². The summed E-state index contributed by atoms with van der Waals surface area (Å²) in [5.41, 5.74) is 0. The first-order chi connectivity index (χ1) is 8.95. The Kier molecular flexibility index (Phi) is 4.66. The van der Waals surface area contributed by atoms with E-state index in [2.05, 4.69) is 19.2 Å². The number of nitrogens with one attached hydrogen (secondary N) is 1. The van der Waals surface area contributed by atoms with E-state index in [4.69, 9.17) is 0 Å². The number of thiophene rings is 1. The maximum absolute atomic E-state index is 12.7. The van der Waals surface area contributed by atoms with Crippen molar-refractivity contribution >= 4 is 21.4 Å². The molecule has 0 radical (unpaired) electrons. The van der Waals surface area contributed by atoms with Gasteiger partial charge < -0.3 is 5.32 Å². The van der Waals surface area contributed by atoms with Crippen molar-refractivity contribution in [3.05, 3.63) is 17.0 Å². The van der Waals surface area contributed by atoms with Crippen LogP contribution >= 0.6 is 11.3 Å². The molecule has 0 bridgehead atoms. The van der Waals surface area contributed by atoms with Crippen LogP contribution in [0.2, 0.25) is 0 Å². The monoisotopic (exact) mass is 302 g/mol. The lowest BCUT2D eigenvalue weighted by molar-refractivity contribution is 0.361. The fourth-order valence-electron chi connectivity index (χ4n) is 2.05. The second kappa shape index (κ2) is 5.91. The summed E-state index contributed by atoms with van der Waals surface area (Å²) in [5, 5.41) is 3.05. The molecule has 2 rings (SSSR count). The molecule has 0 amide bonds. The summed E-state index contributed by atoms with van der Waals surface area (Å²) in [5.74, 6) is 0.354. The lowest BCUT2D eigenvalue weighted by atomic mass is 10.2. The van der Waals surface area contributed by atoms with Crippen LogP contribution < -0.4 is 5.32 Å². The van der Waals surface area contributed by atoms with E-state index in [1.807, 2.05) is 13.1 Å². The third kappa shape index (κ3) is 3.56. The summed E-state index contributed by atoms with van der Waals surface area (Å²) in [7, 11) is -1.44. The molecule has 1 aliphatic carbocycles. The van der Waals surface area contributed by atoms with Gasteiger partial charge in [-0.25, -0.2) is 8.42 Å². The summed E-state index contributed by atoms with van der Waals surface area (Å²) in [6.45, 7) is 5.46. The van der Waals surface area contributed by atoms with Crippen LogP contribution in [0.3, 0.4) is 0 Å². The zero-order valence-electron chi connectivity index (χ0n) is 11.7. The minimum Gasteiger partial charge on any atom is -0.315 e. The Morgan fingerprint density at radius 1 is 1.42 bits per heavy atom.